The van der Waals surface area contributed by atoms with E-state index >= 15 is 0 Å². The Kier molecular flexibility index (Phi) is 5.93. The molecule has 35 heavy (non-hydrogen) atoms. The molecule has 0 unspecified atom stereocenters. The van der Waals surface area contributed by atoms with Crippen LogP contribution in [-0.4, -0.2) is 17.8 Å². The highest BCUT2D eigenvalue weighted by molar-refractivity contribution is 6.36. The molecule has 2 amide bonds. The molecule has 0 atom stereocenters. The van der Waals surface area contributed by atoms with Crippen molar-refractivity contribution < 1.29 is 19.1 Å². The maximum atomic E-state index is 13.2. The summed E-state index contributed by atoms with van der Waals surface area (Å²) in [7, 11) is 0. The van der Waals surface area contributed by atoms with Crippen LogP contribution in [0.5, 0.6) is 0 Å². The minimum Gasteiger partial charge on any atom is -0.449 e. The Labute approximate surface area is 207 Å². The molecule has 0 radical (unpaired) electrons. The Hall–Kier alpha value is -4.22. The van der Waals surface area contributed by atoms with E-state index in [0.29, 0.717) is 10.7 Å². The number of hydrogen-bond donors (Lipinski definition) is 0. The van der Waals surface area contributed by atoms with Crippen molar-refractivity contribution in [3.63, 3.8) is 0 Å². The summed E-state index contributed by atoms with van der Waals surface area (Å²) < 4.78 is 5.91. The predicted octanol–water partition coefficient (Wildman–Crippen LogP) is 6.40. The summed E-state index contributed by atoms with van der Waals surface area (Å²) >= 11 is 6.11. The number of imide groups is 1. The first-order chi connectivity index (χ1) is 16.9. The van der Waals surface area contributed by atoms with Gasteiger partial charge in [0.25, 0.3) is 11.8 Å². The molecule has 0 aromatic heterocycles. The number of ether oxygens (including phenoxy) is 1. The van der Waals surface area contributed by atoms with E-state index in [1.54, 1.807) is 25.1 Å². The first kappa shape index (κ1) is 22.6. The first-order valence-electron chi connectivity index (χ1n) is 11.0. The lowest BCUT2D eigenvalue weighted by Gasteiger charge is -2.19. The van der Waals surface area contributed by atoms with Crippen LogP contribution in [0.4, 0.5) is 5.69 Å². The van der Waals surface area contributed by atoms with Crippen LogP contribution in [0.25, 0.3) is 0 Å². The van der Waals surface area contributed by atoms with Gasteiger partial charge in [0, 0.05) is 5.02 Å². The van der Waals surface area contributed by atoms with Crippen molar-refractivity contribution in [2.45, 2.75) is 13.0 Å². The standard InChI is InChI=1S/C29H20ClNO4/c1-18-12-14-22(30)17-25(18)31-27(32)23-15-13-21(16-24(23)28(31)33)29(34)35-26(19-8-4-2-5-9-19)20-10-6-3-7-11-20/h2-17,26H,1H3. The fourth-order valence-corrected chi connectivity index (χ4v) is 4.34. The van der Waals surface area contributed by atoms with Crippen LogP contribution in [0.15, 0.2) is 97.1 Å². The molecule has 4 aromatic carbocycles. The van der Waals surface area contributed by atoms with Crippen LogP contribution in [0, 0.1) is 6.92 Å². The van der Waals surface area contributed by atoms with E-state index < -0.39 is 23.9 Å². The summed E-state index contributed by atoms with van der Waals surface area (Å²) in [5.41, 5.74) is 3.36. The van der Waals surface area contributed by atoms with Crippen molar-refractivity contribution >= 4 is 35.1 Å². The predicted molar refractivity (Wildman–Crippen MR) is 134 cm³/mol. The zero-order chi connectivity index (χ0) is 24.5. The van der Waals surface area contributed by atoms with Gasteiger partial charge in [-0.25, -0.2) is 9.69 Å². The number of hydrogen-bond acceptors (Lipinski definition) is 4. The van der Waals surface area contributed by atoms with Crippen LogP contribution in [0.1, 0.15) is 53.9 Å². The van der Waals surface area contributed by atoms with Gasteiger partial charge in [0.05, 0.1) is 22.4 Å². The topological polar surface area (TPSA) is 63.7 Å². The smallest absolute Gasteiger partial charge is 0.339 e. The van der Waals surface area contributed by atoms with Gasteiger partial charge in [0.2, 0.25) is 0 Å². The fraction of sp³-hybridized carbons (Fsp3) is 0.0690. The van der Waals surface area contributed by atoms with Gasteiger partial charge < -0.3 is 4.74 Å². The number of benzene rings is 4. The van der Waals surface area contributed by atoms with Gasteiger partial charge in [-0.05, 0) is 53.9 Å². The zero-order valence-corrected chi connectivity index (χ0v) is 19.5. The lowest BCUT2D eigenvalue weighted by Crippen LogP contribution is -2.30. The number of esters is 1. The van der Waals surface area contributed by atoms with E-state index in [4.69, 9.17) is 16.3 Å². The Morgan fingerprint density at radius 2 is 1.37 bits per heavy atom. The summed E-state index contributed by atoms with van der Waals surface area (Å²) in [6.07, 6.45) is -0.624. The highest BCUT2D eigenvalue weighted by atomic mass is 35.5. The number of rotatable bonds is 5. The fourth-order valence-electron chi connectivity index (χ4n) is 4.17. The largest absolute Gasteiger partial charge is 0.449 e. The summed E-state index contributed by atoms with van der Waals surface area (Å²) in [4.78, 5) is 40.6. The zero-order valence-electron chi connectivity index (χ0n) is 18.8. The molecular formula is C29H20ClNO4. The molecular weight excluding hydrogens is 462 g/mol. The Bertz CT molecular complexity index is 1410. The van der Waals surface area contributed by atoms with Crippen molar-refractivity contribution in [1.29, 1.82) is 0 Å². The summed E-state index contributed by atoms with van der Waals surface area (Å²) in [5.74, 6) is -1.56. The lowest BCUT2D eigenvalue weighted by atomic mass is 10.0. The van der Waals surface area contributed by atoms with Crippen LogP contribution in [0.2, 0.25) is 5.02 Å². The van der Waals surface area contributed by atoms with Crippen molar-refractivity contribution in [3.8, 4) is 0 Å². The van der Waals surface area contributed by atoms with Gasteiger partial charge in [0.15, 0.2) is 6.10 Å². The van der Waals surface area contributed by atoms with Crippen molar-refractivity contribution in [1.82, 2.24) is 0 Å². The molecule has 5 rings (SSSR count). The molecule has 0 saturated heterocycles. The van der Waals surface area contributed by atoms with Crippen molar-refractivity contribution in [2.75, 3.05) is 4.90 Å². The number of carbonyl (C=O) groups excluding carboxylic acids is 3. The number of halogens is 1. The van der Waals surface area contributed by atoms with Crippen molar-refractivity contribution in [2.24, 2.45) is 0 Å². The number of aryl methyl sites for hydroxylation is 1. The quantitative estimate of drug-likeness (QED) is 0.244. The molecule has 172 valence electrons. The minimum atomic E-state index is -0.624. The van der Waals surface area contributed by atoms with Gasteiger partial charge in [0.1, 0.15) is 0 Å². The second-order valence-electron chi connectivity index (χ2n) is 8.24. The molecule has 0 aliphatic carbocycles. The minimum absolute atomic E-state index is 0.153. The molecule has 0 bridgehead atoms. The highest BCUT2D eigenvalue weighted by Gasteiger charge is 2.38. The summed E-state index contributed by atoms with van der Waals surface area (Å²) in [6, 6.07) is 28.3. The van der Waals surface area contributed by atoms with Crippen LogP contribution in [0.3, 0.4) is 0 Å². The molecule has 1 aliphatic rings. The number of amides is 2. The van der Waals surface area contributed by atoms with E-state index in [9.17, 15) is 14.4 Å². The second-order valence-corrected chi connectivity index (χ2v) is 8.68. The normalized spacial score (nSPS) is 12.7. The van der Waals surface area contributed by atoms with Crippen LogP contribution < -0.4 is 4.90 Å². The Balaban J connectivity index is 1.47. The van der Waals surface area contributed by atoms with E-state index in [2.05, 4.69) is 0 Å². The van der Waals surface area contributed by atoms with Crippen molar-refractivity contribution in [3.05, 3.63) is 135 Å². The van der Waals surface area contributed by atoms with Crippen LogP contribution >= 0.6 is 11.6 Å². The Morgan fingerprint density at radius 1 is 0.771 bits per heavy atom. The molecule has 4 aromatic rings. The second kappa shape index (κ2) is 9.20. The summed E-state index contributed by atoms with van der Waals surface area (Å²) in [5, 5.41) is 0.416. The SMILES string of the molecule is Cc1ccc(Cl)cc1N1C(=O)c2ccc(C(=O)OC(c3ccccc3)c3ccccc3)cc2C1=O. The van der Waals surface area contributed by atoms with Gasteiger partial charge in [-0.2, -0.15) is 0 Å². The van der Waals surface area contributed by atoms with Gasteiger partial charge in [-0.1, -0.05) is 78.3 Å². The first-order valence-corrected chi connectivity index (χ1v) is 11.4. The van der Waals surface area contributed by atoms with Crippen LogP contribution in [-0.2, 0) is 4.74 Å². The molecule has 6 heteroatoms. The average molecular weight is 482 g/mol. The van der Waals surface area contributed by atoms with E-state index in [-0.39, 0.29) is 16.7 Å². The third kappa shape index (κ3) is 4.22. The van der Waals surface area contributed by atoms with E-state index in [1.807, 2.05) is 60.7 Å². The molecule has 0 fully saturated rings. The maximum Gasteiger partial charge on any atom is 0.339 e. The molecule has 0 spiro atoms. The average Bonchev–Trinajstić information content (AvgIpc) is 3.14. The van der Waals surface area contributed by atoms with Gasteiger partial charge in [-0.15, -0.1) is 0 Å². The molecule has 0 saturated carbocycles. The lowest BCUT2D eigenvalue weighted by molar-refractivity contribution is 0.0378. The molecule has 0 N–H and O–H groups in total. The third-order valence-electron chi connectivity index (χ3n) is 5.96. The van der Waals surface area contributed by atoms with E-state index in [0.717, 1.165) is 21.6 Å². The van der Waals surface area contributed by atoms with Gasteiger partial charge in [-0.3, -0.25) is 9.59 Å². The van der Waals surface area contributed by atoms with E-state index in [1.165, 1.54) is 18.2 Å². The highest BCUT2D eigenvalue weighted by Crippen LogP contribution is 2.33. The number of carbonyl (C=O) groups is 3. The number of fused-ring (bicyclic) bond motifs is 1. The maximum absolute atomic E-state index is 13.2. The molecule has 5 nitrogen and oxygen atoms in total. The Morgan fingerprint density at radius 3 is 2.00 bits per heavy atom. The van der Waals surface area contributed by atoms with Gasteiger partial charge >= 0.3 is 5.97 Å². The number of nitrogens with zero attached hydrogens (tertiary/aromatic N) is 1. The third-order valence-corrected chi connectivity index (χ3v) is 6.20. The number of anilines is 1. The monoisotopic (exact) mass is 481 g/mol. The molecule has 1 heterocycles. The molecule has 1 aliphatic heterocycles. The summed E-state index contributed by atoms with van der Waals surface area (Å²) in [6.45, 7) is 1.80.